The zero-order chi connectivity index (χ0) is 25.9. The Morgan fingerprint density at radius 3 is 2.36 bits per heavy atom. The molecule has 0 bridgehead atoms. The van der Waals surface area contributed by atoms with Gasteiger partial charge in [0.1, 0.15) is 11.4 Å². The molecule has 36 heavy (non-hydrogen) atoms. The number of benzene rings is 2. The Morgan fingerprint density at radius 1 is 1.06 bits per heavy atom. The Labute approximate surface area is 216 Å². The van der Waals surface area contributed by atoms with E-state index in [0.29, 0.717) is 17.0 Å². The molecule has 8 heteroatoms. The van der Waals surface area contributed by atoms with Crippen LogP contribution in [0.25, 0.3) is 10.8 Å². The highest BCUT2D eigenvalue weighted by atomic mass is 35.5. The average molecular weight is 512 g/mol. The van der Waals surface area contributed by atoms with Crippen LogP contribution in [-0.2, 0) is 11.3 Å². The van der Waals surface area contributed by atoms with Crippen molar-refractivity contribution in [3.63, 3.8) is 0 Å². The summed E-state index contributed by atoms with van der Waals surface area (Å²) in [5.41, 5.74) is 1.25. The Balaban J connectivity index is 1.40. The van der Waals surface area contributed by atoms with Gasteiger partial charge < -0.3 is 24.7 Å². The van der Waals surface area contributed by atoms with Crippen LogP contribution in [0.4, 0.5) is 10.5 Å². The molecular formula is C28H34ClN3O4. The van der Waals surface area contributed by atoms with E-state index in [0.717, 1.165) is 48.1 Å². The number of methoxy groups -OCH3 is 1. The number of hydrogen-bond donors (Lipinski definition) is 2. The van der Waals surface area contributed by atoms with Gasteiger partial charge in [-0.2, -0.15) is 0 Å². The monoisotopic (exact) mass is 511 g/mol. The van der Waals surface area contributed by atoms with Gasteiger partial charge in [-0.05, 0) is 87.7 Å². The van der Waals surface area contributed by atoms with Crippen molar-refractivity contribution in [2.75, 3.05) is 12.4 Å². The topological polar surface area (TPSA) is 81.6 Å². The number of ether oxygens (including phenoxy) is 2. The lowest BCUT2D eigenvalue weighted by Crippen LogP contribution is -2.42. The third kappa shape index (κ3) is 6.52. The molecule has 1 heterocycles. The van der Waals surface area contributed by atoms with Crippen LogP contribution in [0.3, 0.4) is 0 Å². The molecule has 7 nitrogen and oxygen atoms in total. The molecular weight excluding hydrogens is 478 g/mol. The molecule has 1 aliphatic carbocycles. The Hall–Kier alpha value is -3.19. The van der Waals surface area contributed by atoms with Crippen LogP contribution >= 0.6 is 11.6 Å². The van der Waals surface area contributed by atoms with Gasteiger partial charge in [0.25, 0.3) is 5.56 Å². The van der Waals surface area contributed by atoms with Gasteiger partial charge in [-0.3, -0.25) is 4.79 Å². The lowest BCUT2D eigenvalue weighted by atomic mass is 9.91. The molecule has 0 atom stereocenters. The van der Waals surface area contributed by atoms with E-state index in [-0.39, 0.29) is 23.7 Å². The minimum atomic E-state index is -0.505. The molecule has 0 radical (unpaired) electrons. The molecule has 192 valence electrons. The van der Waals surface area contributed by atoms with E-state index in [1.165, 1.54) is 0 Å². The third-order valence-corrected chi connectivity index (χ3v) is 6.70. The summed E-state index contributed by atoms with van der Waals surface area (Å²) in [7, 11) is 1.63. The maximum Gasteiger partial charge on any atom is 0.407 e. The summed E-state index contributed by atoms with van der Waals surface area (Å²) >= 11 is 6.60. The van der Waals surface area contributed by atoms with Crippen LogP contribution in [-0.4, -0.2) is 35.5 Å². The summed E-state index contributed by atoms with van der Waals surface area (Å²) in [6, 6.07) is 13.7. The van der Waals surface area contributed by atoms with Gasteiger partial charge in [-0.25, -0.2) is 4.79 Å². The maximum atomic E-state index is 13.1. The summed E-state index contributed by atoms with van der Waals surface area (Å²) in [5.74, 6) is 0.782. The van der Waals surface area contributed by atoms with E-state index >= 15 is 0 Å². The van der Waals surface area contributed by atoms with Crippen LogP contribution in [0.15, 0.2) is 53.5 Å². The fraction of sp³-hybridized carbons (Fsp3) is 0.429. The number of halogens is 1. The second-order valence-electron chi connectivity index (χ2n) is 10.4. The lowest BCUT2D eigenvalue weighted by Gasteiger charge is -2.31. The van der Waals surface area contributed by atoms with Crippen molar-refractivity contribution in [2.24, 2.45) is 0 Å². The summed E-state index contributed by atoms with van der Waals surface area (Å²) in [6.45, 7) is 6.04. The summed E-state index contributed by atoms with van der Waals surface area (Å²) in [6.07, 6.45) is 4.97. The Morgan fingerprint density at radius 2 is 1.72 bits per heavy atom. The minimum absolute atomic E-state index is 0.0782. The number of rotatable bonds is 6. The van der Waals surface area contributed by atoms with Crippen LogP contribution in [0.1, 0.15) is 52.0 Å². The van der Waals surface area contributed by atoms with Gasteiger partial charge >= 0.3 is 6.09 Å². The number of carbonyl (C=O) groups is 1. The van der Waals surface area contributed by atoms with Gasteiger partial charge in [0.2, 0.25) is 0 Å². The van der Waals surface area contributed by atoms with Gasteiger partial charge in [-0.1, -0.05) is 23.7 Å². The van der Waals surface area contributed by atoms with Crippen LogP contribution in [0.5, 0.6) is 5.75 Å². The van der Waals surface area contributed by atoms with E-state index in [2.05, 4.69) is 10.6 Å². The number of hydrogen-bond acceptors (Lipinski definition) is 5. The molecule has 1 aliphatic rings. The van der Waals surface area contributed by atoms with Crippen molar-refractivity contribution >= 4 is 34.2 Å². The number of pyridine rings is 1. The first-order valence-corrected chi connectivity index (χ1v) is 12.7. The predicted molar refractivity (Wildman–Crippen MR) is 144 cm³/mol. The molecule has 3 aromatic rings. The second kappa shape index (κ2) is 10.8. The van der Waals surface area contributed by atoms with Crippen molar-refractivity contribution in [3.05, 3.63) is 69.6 Å². The normalized spacial score (nSPS) is 18.0. The van der Waals surface area contributed by atoms with E-state index in [1.54, 1.807) is 17.7 Å². The number of amides is 1. The van der Waals surface area contributed by atoms with Gasteiger partial charge in [-0.15, -0.1) is 0 Å². The molecule has 4 rings (SSSR count). The third-order valence-electron chi connectivity index (χ3n) is 6.38. The molecule has 1 amide bonds. The van der Waals surface area contributed by atoms with Crippen molar-refractivity contribution in [2.45, 2.75) is 70.7 Å². The van der Waals surface area contributed by atoms with Crippen LogP contribution < -0.4 is 20.9 Å². The summed E-state index contributed by atoms with van der Waals surface area (Å²) in [4.78, 5) is 25.2. The van der Waals surface area contributed by atoms with Gasteiger partial charge in [0, 0.05) is 23.7 Å². The van der Waals surface area contributed by atoms with Crippen molar-refractivity contribution in [1.29, 1.82) is 0 Å². The SMILES string of the molecule is COc1ccc(Cn2ccc3cc(NC4CCC(NC(=O)OC(C)(C)C)CC4)c(Cl)cc3c2=O)cc1. The van der Waals surface area contributed by atoms with Crippen LogP contribution in [0.2, 0.25) is 5.02 Å². The highest BCUT2D eigenvalue weighted by molar-refractivity contribution is 6.34. The van der Waals surface area contributed by atoms with Gasteiger partial charge in [0.15, 0.2) is 0 Å². The van der Waals surface area contributed by atoms with Crippen LogP contribution in [0, 0.1) is 0 Å². The van der Waals surface area contributed by atoms with Crippen molar-refractivity contribution < 1.29 is 14.3 Å². The van der Waals surface area contributed by atoms with E-state index < -0.39 is 5.60 Å². The molecule has 0 spiro atoms. The number of aromatic nitrogens is 1. The van der Waals surface area contributed by atoms with Gasteiger partial charge in [0.05, 0.1) is 24.4 Å². The summed E-state index contributed by atoms with van der Waals surface area (Å²) < 4.78 is 12.3. The number of alkyl carbamates (subject to hydrolysis) is 1. The molecule has 0 saturated heterocycles. The second-order valence-corrected chi connectivity index (χ2v) is 10.8. The average Bonchev–Trinajstić information content (AvgIpc) is 2.82. The molecule has 1 fully saturated rings. The fourth-order valence-electron chi connectivity index (χ4n) is 4.54. The molecule has 2 aromatic carbocycles. The summed E-state index contributed by atoms with van der Waals surface area (Å²) in [5, 5.41) is 8.47. The molecule has 1 saturated carbocycles. The first-order valence-electron chi connectivity index (χ1n) is 12.3. The first kappa shape index (κ1) is 25.9. The molecule has 2 N–H and O–H groups in total. The standard InChI is InChI=1S/C28H34ClN3O4/c1-28(2,3)36-27(34)31-21-9-7-20(8-10-21)30-25-15-19-13-14-32(26(33)23(19)16-24(25)29)17-18-5-11-22(35-4)12-6-18/h5-6,11-16,20-21,30H,7-10,17H2,1-4H3,(H,31,34). The Kier molecular flexibility index (Phi) is 7.79. The van der Waals surface area contributed by atoms with E-state index in [1.807, 2.05) is 63.4 Å². The molecule has 0 aliphatic heterocycles. The first-order chi connectivity index (χ1) is 17.1. The number of anilines is 1. The number of nitrogens with zero attached hydrogens (tertiary/aromatic N) is 1. The zero-order valence-corrected chi connectivity index (χ0v) is 22.0. The lowest BCUT2D eigenvalue weighted by molar-refractivity contribution is 0.0492. The smallest absolute Gasteiger partial charge is 0.407 e. The number of fused-ring (bicyclic) bond motifs is 1. The molecule has 1 aromatic heterocycles. The number of nitrogens with one attached hydrogen (secondary N) is 2. The van der Waals surface area contributed by atoms with E-state index in [4.69, 9.17) is 21.1 Å². The highest BCUT2D eigenvalue weighted by Crippen LogP contribution is 2.30. The maximum absolute atomic E-state index is 13.1. The van der Waals surface area contributed by atoms with E-state index in [9.17, 15) is 9.59 Å². The quantitative estimate of drug-likeness (QED) is 0.426. The fourth-order valence-corrected chi connectivity index (χ4v) is 4.76. The number of carbonyl (C=O) groups excluding carboxylic acids is 1. The molecule has 0 unspecified atom stereocenters. The highest BCUT2D eigenvalue weighted by Gasteiger charge is 2.25. The van der Waals surface area contributed by atoms with Crippen molar-refractivity contribution in [1.82, 2.24) is 9.88 Å². The largest absolute Gasteiger partial charge is 0.497 e. The van der Waals surface area contributed by atoms with Crippen molar-refractivity contribution in [3.8, 4) is 5.75 Å². The predicted octanol–water partition coefficient (Wildman–Crippen LogP) is 5.96. The minimum Gasteiger partial charge on any atom is -0.497 e. The Bertz CT molecular complexity index is 1270. The zero-order valence-electron chi connectivity index (χ0n) is 21.3.